The van der Waals surface area contributed by atoms with Gasteiger partial charge in [0, 0.05) is 40.3 Å². The molecule has 0 aliphatic carbocycles. The highest BCUT2D eigenvalue weighted by molar-refractivity contribution is 14.1. The first-order valence-corrected chi connectivity index (χ1v) is 13.6. The monoisotopic (exact) mass is 623 g/mol. The number of hydrogen-bond donors (Lipinski definition) is 1. The van der Waals surface area contributed by atoms with Crippen LogP contribution in [0.1, 0.15) is 56.7 Å². The molecule has 0 spiro atoms. The molecule has 0 radical (unpaired) electrons. The number of nitrogens with zero attached hydrogens (tertiary/aromatic N) is 2. The van der Waals surface area contributed by atoms with E-state index >= 15 is 0 Å². The van der Waals surface area contributed by atoms with E-state index in [0.29, 0.717) is 13.0 Å². The summed E-state index contributed by atoms with van der Waals surface area (Å²) < 4.78 is 49.8. The van der Waals surface area contributed by atoms with Crippen molar-refractivity contribution in [3.05, 3.63) is 49.5 Å². The minimum atomic E-state index is -4.69. The van der Waals surface area contributed by atoms with Gasteiger partial charge in [-0.2, -0.15) is 13.2 Å². The number of aryl methyl sites for hydroxylation is 2. The Morgan fingerprint density at radius 1 is 1.29 bits per heavy atom. The van der Waals surface area contributed by atoms with Crippen molar-refractivity contribution in [1.29, 1.82) is 0 Å². The number of nitrogens with one attached hydrogen (secondary N) is 1. The largest absolute Gasteiger partial charge is 0.436 e. The molecule has 0 aromatic carbocycles. The molecule has 3 rings (SSSR count). The third kappa shape index (κ3) is 6.88. The predicted octanol–water partition coefficient (Wildman–Crippen LogP) is 6.68. The average molecular weight is 624 g/mol. The maximum atomic E-state index is 14.5. The summed E-state index contributed by atoms with van der Waals surface area (Å²) in [5.41, 5.74) is 0.0236. The summed E-state index contributed by atoms with van der Waals surface area (Å²) in [6, 6.07) is 7.49. The van der Waals surface area contributed by atoms with E-state index in [9.17, 15) is 18.0 Å². The van der Waals surface area contributed by atoms with E-state index in [2.05, 4.69) is 37.8 Å². The quantitative estimate of drug-likeness (QED) is 0.334. The van der Waals surface area contributed by atoms with E-state index in [1.54, 1.807) is 31.4 Å². The van der Waals surface area contributed by atoms with Crippen molar-refractivity contribution in [2.75, 3.05) is 13.1 Å². The molecule has 1 unspecified atom stereocenters. The molecular weight excluding hydrogens is 590 g/mol. The van der Waals surface area contributed by atoms with Crippen molar-refractivity contribution in [2.24, 2.45) is 5.41 Å². The second-order valence-corrected chi connectivity index (χ2v) is 13.2. The zero-order valence-electron chi connectivity index (χ0n) is 20.7. The van der Waals surface area contributed by atoms with Gasteiger partial charge in [-0.25, -0.2) is 4.79 Å². The van der Waals surface area contributed by atoms with E-state index in [4.69, 9.17) is 4.74 Å². The Labute approximate surface area is 223 Å². The van der Waals surface area contributed by atoms with Crippen LogP contribution in [0.5, 0.6) is 0 Å². The molecule has 1 amide bonds. The first-order chi connectivity index (χ1) is 16.2. The second-order valence-electron chi connectivity index (χ2n) is 10.1. The topological polar surface area (TPSA) is 54.5 Å². The lowest BCUT2D eigenvalue weighted by Gasteiger charge is -2.41. The molecule has 0 bridgehead atoms. The summed E-state index contributed by atoms with van der Waals surface area (Å²) in [6.45, 7) is 9.91. The fraction of sp³-hybridized carbons (Fsp3) is 0.600. The van der Waals surface area contributed by atoms with Crippen LogP contribution in [0.15, 0.2) is 30.5 Å². The van der Waals surface area contributed by atoms with Gasteiger partial charge >= 0.3 is 12.3 Å². The van der Waals surface area contributed by atoms with Gasteiger partial charge in [0.15, 0.2) is 0 Å². The molecule has 1 aliphatic heterocycles. The summed E-state index contributed by atoms with van der Waals surface area (Å²) in [6.07, 6.45) is -5.10. The molecule has 3 heterocycles. The van der Waals surface area contributed by atoms with Gasteiger partial charge in [-0.05, 0) is 107 Å². The number of carbonyl (C=O) groups excluding carboxylic acids is 1. The number of pyridine rings is 1. The molecule has 2 atom stereocenters. The maximum absolute atomic E-state index is 14.5. The molecule has 1 saturated heterocycles. The predicted molar refractivity (Wildman–Crippen MR) is 141 cm³/mol. The number of alkyl carbamates (subject to hydrolysis) is 1. The molecule has 1 aliphatic rings. The van der Waals surface area contributed by atoms with Crippen LogP contribution >= 0.6 is 33.9 Å². The Hall–Kier alpha value is -1.40. The minimum Gasteiger partial charge on any atom is -0.436 e. The SMILES string of the molecule is Cc1ccc(C(C)(C)N2CCC(CCc3ccc(I)s3)([C@@H](OC(=O)NC(C)C)C(F)(F)F)C2)cn1. The van der Waals surface area contributed by atoms with Crippen molar-refractivity contribution >= 4 is 40.0 Å². The molecule has 1 N–H and O–H groups in total. The standard InChI is InChI=1S/C25H33F3IN3O2S/c1-16(2)31-22(33)34-21(25(26,27)28)24(11-10-19-8-9-20(29)35-19)12-13-32(15-24)23(4,5)18-7-6-17(3)30-14-18/h6-9,14,16,21H,10-13,15H2,1-5H3,(H,31,33)/t21-,24?/m1/s1. The van der Waals surface area contributed by atoms with Gasteiger partial charge in [0.25, 0.3) is 0 Å². The number of aromatic nitrogens is 1. The Morgan fingerprint density at radius 3 is 2.54 bits per heavy atom. The fourth-order valence-electron chi connectivity index (χ4n) is 4.71. The van der Waals surface area contributed by atoms with Crippen molar-refractivity contribution in [1.82, 2.24) is 15.2 Å². The molecular formula is C25H33F3IN3O2S. The zero-order chi connectivity index (χ0) is 26.0. The number of rotatable bonds is 8. The highest BCUT2D eigenvalue weighted by Crippen LogP contribution is 2.49. The normalized spacial score (nSPS) is 20.3. The van der Waals surface area contributed by atoms with Gasteiger partial charge in [0.1, 0.15) is 0 Å². The third-order valence-electron chi connectivity index (χ3n) is 6.78. The smallest absolute Gasteiger partial charge is 0.426 e. The molecule has 2 aromatic heterocycles. The molecule has 194 valence electrons. The first-order valence-electron chi connectivity index (χ1n) is 11.7. The molecule has 10 heteroatoms. The van der Waals surface area contributed by atoms with Gasteiger partial charge in [0.2, 0.25) is 6.10 Å². The molecule has 2 aromatic rings. The van der Waals surface area contributed by atoms with Crippen LogP contribution in [-0.2, 0) is 16.7 Å². The number of thiophene rings is 1. The number of likely N-dealkylation sites (tertiary alicyclic amines) is 1. The molecule has 5 nitrogen and oxygen atoms in total. The summed E-state index contributed by atoms with van der Waals surface area (Å²) in [4.78, 5) is 19.9. The van der Waals surface area contributed by atoms with E-state index in [0.717, 1.165) is 19.0 Å². The van der Waals surface area contributed by atoms with Crippen LogP contribution in [0.25, 0.3) is 0 Å². The van der Waals surface area contributed by atoms with Crippen LogP contribution in [0, 0.1) is 15.2 Å². The highest BCUT2D eigenvalue weighted by Gasteiger charge is 2.59. The van der Waals surface area contributed by atoms with Crippen molar-refractivity contribution < 1.29 is 22.7 Å². The Morgan fingerprint density at radius 2 is 2.00 bits per heavy atom. The van der Waals surface area contributed by atoms with E-state index < -0.39 is 29.3 Å². The summed E-state index contributed by atoms with van der Waals surface area (Å²) >= 11 is 3.79. The molecule has 1 fully saturated rings. The van der Waals surface area contributed by atoms with Crippen LogP contribution < -0.4 is 5.32 Å². The second kappa shape index (κ2) is 10.9. The summed E-state index contributed by atoms with van der Waals surface area (Å²) in [5, 5.41) is 2.45. The van der Waals surface area contributed by atoms with Crippen LogP contribution in [-0.4, -0.2) is 47.4 Å². The van der Waals surface area contributed by atoms with Crippen molar-refractivity contribution in [2.45, 2.75) is 77.7 Å². The Balaban J connectivity index is 1.94. The first kappa shape index (κ1) is 28.2. The maximum Gasteiger partial charge on any atom is 0.426 e. The van der Waals surface area contributed by atoms with Gasteiger partial charge < -0.3 is 10.1 Å². The Kier molecular flexibility index (Phi) is 8.79. The zero-order valence-corrected chi connectivity index (χ0v) is 23.7. The lowest BCUT2D eigenvalue weighted by Crippen LogP contribution is -2.52. The fourth-order valence-corrected chi connectivity index (χ4v) is 6.46. The van der Waals surface area contributed by atoms with Crippen LogP contribution in [0.4, 0.5) is 18.0 Å². The Bertz CT molecular complexity index is 1010. The summed E-state index contributed by atoms with van der Waals surface area (Å²) in [7, 11) is 0. The number of alkyl halides is 3. The number of hydrogen-bond acceptors (Lipinski definition) is 5. The lowest BCUT2D eigenvalue weighted by molar-refractivity contribution is -0.238. The van der Waals surface area contributed by atoms with Gasteiger partial charge in [0.05, 0.1) is 2.88 Å². The number of amides is 1. The van der Waals surface area contributed by atoms with Gasteiger partial charge in [-0.3, -0.25) is 9.88 Å². The summed E-state index contributed by atoms with van der Waals surface area (Å²) in [5.74, 6) is 0. The van der Waals surface area contributed by atoms with E-state index in [1.165, 1.54) is 0 Å². The molecule has 35 heavy (non-hydrogen) atoms. The lowest BCUT2D eigenvalue weighted by atomic mass is 9.76. The molecule has 0 saturated carbocycles. The number of carbonyl (C=O) groups is 1. The number of ether oxygens (including phenoxy) is 1. The minimum absolute atomic E-state index is 0.162. The van der Waals surface area contributed by atoms with E-state index in [1.807, 2.05) is 45.0 Å². The average Bonchev–Trinajstić information content (AvgIpc) is 3.37. The highest BCUT2D eigenvalue weighted by atomic mass is 127. The number of halogens is 4. The van der Waals surface area contributed by atoms with Crippen LogP contribution in [0.2, 0.25) is 0 Å². The van der Waals surface area contributed by atoms with Crippen molar-refractivity contribution in [3.8, 4) is 0 Å². The van der Waals surface area contributed by atoms with Gasteiger partial charge in [-0.15, -0.1) is 11.3 Å². The van der Waals surface area contributed by atoms with Gasteiger partial charge in [-0.1, -0.05) is 6.07 Å². The van der Waals surface area contributed by atoms with E-state index in [-0.39, 0.29) is 25.4 Å². The van der Waals surface area contributed by atoms with Crippen LogP contribution in [0.3, 0.4) is 0 Å². The third-order valence-corrected chi connectivity index (χ3v) is 8.73. The van der Waals surface area contributed by atoms with Crippen molar-refractivity contribution in [3.63, 3.8) is 0 Å².